The largest absolute Gasteiger partial charge is 0.382 e. The summed E-state index contributed by atoms with van der Waals surface area (Å²) in [5.74, 6) is -0.485. The molecule has 25 heavy (non-hydrogen) atoms. The number of hydrogen-bond acceptors (Lipinski definition) is 5. The number of anilines is 2. The second-order valence-corrected chi connectivity index (χ2v) is 5.46. The van der Waals surface area contributed by atoms with Crippen molar-refractivity contribution >= 4 is 11.6 Å². The van der Waals surface area contributed by atoms with Crippen LogP contribution in [0.2, 0.25) is 0 Å². The van der Waals surface area contributed by atoms with Crippen molar-refractivity contribution < 1.29 is 4.39 Å². The molecule has 0 aliphatic rings. The molecule has 1 aromatic heterocycles. The number of halogens is 1. The summed E-state index contributed by atoms with van der Waals surface area (Å²) in [5, 5.41) is 12.1. The SMILES string of the molecule is N#Cc1ccc(-c2nc(N)ncc2NCCc2ccccc2)cc1F. The molecule has 0 aliphatic carbocycles. The fraction of sp³-hybridized carbons (Fsp3) is 0.105. The summed E-state index contributed by atoms with van der Waals surface area (Å²) in [6.45, 7) is 0.670. The number of hydrogen-bond donors (Lipinski definition) is 2. The molecule has 2 aromatic carbocycles. The van der Waals surface area contributed by atoms with Gasteiger partial charge in [0.05, 0.1) is 23.1 Å². The van der Waals surface area contributed by atoms with E-state index in [-0.39, 0.29) is 11.5 Å². The molecular formula is C19H16FN5. The first kappa shape index (κ1) is 16.4. The molecule has 0 fully saturated rings. The zero-order valence-electron chi connectivity index (χ0n) is 13.4. The highest BCUT2D eigenvalue weighted by Crippen LogP contribution is 2.27. The van der Waals surface area contributed by atoms with Gasteiger partial charge in [0.1, 0.15) is 11.9 Å². The highest BCUT2D eigenvalue weighted by Gasteiger charge is 2.11. The molecule has 0 spiro atoms. The number of nitrogens with two attached hydrogens (primary N) is 1. The van der Waals surface area contributed by atoms with Gasteiger partial charge in [-0.1, -0.05) is 36.4 Å². The highest BCUT2D eigenvalue weighted by atomic mass is 19.1. The van der Waals surface area contributed by atoms with Crippen molar-refractivity contribution in [2.45, 2.75) is 6.42 Å². The van der Waals surface area contributed by atoms with E-state index in [9.17, 15) is 4.39 Å². The molecule has 0 aliphatic heterocycles. The van der Waals surface area contributed by atoms with E-state index < -0.39 is 5.82 Å². The molecule has 0 atom stereocenters. The Morgan fingerprint density at radius 1 is 1.16 bits per heavy atom. The molecule has 3 aromatic rings. The molecule has 0 unspecified atom stereocenters. The lowest BCUT2D eigenvalue weighted by atomic mass is 10.1. The Bertz CT molecular complexity index is 919. The Labute approximate surface area is 145 Å². The van der Waals surface area contributed by atoms with Gasteiger partial charge < -0.3 is 11.1 Å². The summed E-state index contributed by atoms with van der Waals surface area (Å²) in [7, 11) is 0. The Morgan fingerprint density at radius 3 is 2.68 bits per heavy atom. The predicted molar refractivity (Wildman–Crippen MR) is 95.2 cm³/mol. The van der Waals surface area contributed by atoms with E-state index in [0.717, 1.165) is 6.42 Å². The highest BCUT2D eigenvalue weighted by molar-refractivity contribution is 5.74. The van der Waals surface area contributed by atoms with Gasteiger partial charge in [-0.05, 0) is 24.1 Å². The number of nitriles is 1. The average molecular weight is 333 g/mol. The third-order valence-electron chi connectivity index (χ3n) is 3.74. The summed E-state index contributed by atoms with van der Waals surface area (Å²) in [6.07, 6.45) is 2.41. The predicted octanol–water partition coefficient (Wildman–Crippen LogP) is 3.39. The fourth-order valence-electron chi connectivity index (χ4n) is 2.48. The fourth-order valence-corrected chi connectivity index (χ4v) is 2.48. The van der Waals surface area contributed by atoms with E-state index >= 15 is 0 Å². The molecule has 0 amide bonds. The Balaban J connectivity index is 1.83. The summed E-state index contributed by atoms with van der Waals surface area (Å²) in [4.78, 5) is 8.23. The molecule has 124 valence electrons. The number of benzene rings is 2. The van der Waals surface area contributed by atoms with E-state index in [2.05, 4.69) is 27.4 Å². The molecule has 1 heterocycles. The molecule has 0 bridgehead atoms. The third kappa shape index (κ3) is 3.90. The van der Waals surface area contributed by atoms with Crippen molar-refractivity contribution in [2.24, 2.45) is 0 Å². The number of aromatic nitrogens is 2. The third-order valence-corrected chi connectivity index (χ3v) is 3.74. The van der Waals surface area contributed by atoms with Crippen molar-refractivity contribution in [2.75, 3.05) is 17.6 Å². The number of nitrogens with zero attached hydrogens (tertiary/aromatic N) is 3. The lowest BCUT2D eigenvalue weighted by molar-refractivity contribution is 0.624. The lowest BCUT2D eigenvalue weighted by Crippen LogP contribution is -2.08. The maximum atomic E-state index is 13.9. The van der Waals surface area contributed by atoms with Gasteiger partial charge in [0.15, 0.2) is 0 Å². The molecule has 6 heteroatoms. The molecule has 0 saturated carbocycles. The molecule has 3 N–H and O–H groups in total. The van der Waals surface area contributed by atoms with Crippen LogP contribution < -0.4 is 11.1 Å². The van der Waals surface area contributed by atoms with Crippen LogP contribution in [-0.2, 0) is 6.42 Å². The van der Waals surface area contributed by atoms with Crippen molar-refractivity contribution in [3.63, 3.8) is 0 Å². The monoisotopic (exact) mass is 333 g/mol. The molecule has 0 radical (unpaired) electrons. The average Bonchev–Trinajstić information content (AvgIpc) is 2.63. The number of nitrogen functional groups attached to an aromatic ring is 1. The molecule has 0 saturated heterocycles. The van der Waals surface area contributed by atoms with Crippen LogP contribution in [0.3, 0.4) is 0 Å². The Morgan fingerprint density at radius 2 is 1.96 bits per heavy atom. The van der Waals surface area contributed by atoms with Crippen molar-refractivity contribution in [1.29, 1.82) is 5.26 Å². The minimum absolute atomic E-state index is 0.00985. The Hall–Kier alpha value is -3.46. The maximum Gasteiger partial charge on any atom is 0.220 e. The van der Waals surface area contributed by atoms with Gasteiger partial charge in [0.2, 0.25) is 5.95 Å². The smallest absolute Gasteiger partial charge is 0.220 e. The summed E-state index contributed by atoms with van der Waals surface area (Å²) >= 11 is 0. The minimum atomic E-state index is -0.590. The van der Waals surface area contributed by atoms with E-state index in [1.165, 1.54) is 17.7 Å². The summed E-state index contributed by atoms with van der Waals surface area (Å²) in [5.41, 5.74) is 8.58. The van der Waals surface area contributed by atoms with E-state index in [1.54, 1.807) is 18.3 Å². The Kier molecular flexibility index (Phi) is 4.86. The van der Waals surface area contributed by atoms with Gasteiger partial charge in [0, 0.05) is 12.1 Å². The van der Waals surface area contributed by atoms with Gasteiger partial charge in [-0.25, -0.2) is 14.4 Å². The van der Waals surface area contributed by atoms with Crippen molar-refractivity contribution in [3.05, 3.63) is 71.7 Å². The van der Waals surface area contributed by atoms with Gasteiger partial charge in [-0.15, -0.1) is 0 Å². The molecule has 5 nitrogen and oxygen atoms in total. The molecular weight excluding hydrogens is 317 g/mol. The standard InChI is InChI=1S/C19H16FN5/c20-16-10-14(6-7-15(16)11-21)18-17(12-24-19(22)25-18)23-9-8-13-4-2-1-3-5-13/h1-7,10,12,23H,8-9H2,(H2,22,24,25). The van der Waals surface area contributed by atoms with Gasteiger partial charge >= 0.3 is 0 Å². The van der Waals surface area contributed by atoms with Crippen molar-refractivity contribution in [3.8, 4) is 17.3 Å². The first-order valence-electron chi connectivity index (χ1n) is 7.77. The van der Waals surface area contributed by atoms with Gasteiger partial charge in [0.25, 0.3) is 0 Å². The van der Waals surface area contributed by atoms with Gasteiger partial charge in [-0.2, -0.15) is 5.26 Å². The first-order chi connectivity index (χ1) is 12.2. The minimum Gasteiger partial charge on any atom is -0.382 e. The van der Waals surface area contributed by atoms with E-state index in [1.807, 2.05) is 18.2 Å². The van der Waals surface area contributed by atoms with Crippen LogP contribution in [0, 0.1) is 17.1 Å². The van der Waals surface area contributed by atoms with Gasteiger partial charge in [-0.3, -0.25) is 0 Å². The van der Waals surface area contributed by atoms with Crippen LogP contribution in [0.25, 0.3) is 11.3 Å². The van der Waals surface area contributed by atoms with Crippen LogP contribution in [0.1, 0.15) is 11.1 Å². The first-order valence-corrected chi connectivity index (χ1v) is 7.77. The van der Waals surface area contributed by atoms with Crippen LogP contribution >= 0.6 is 0 Å². The topological polar surface area (TPSA) is 87.6 Å². The molecule has 3 rings (SSSR count). The van der Waals surface area contributed by atoms with Crippen molar-refractivity contribution in [1.82, 2.24) is 9.97 Å². The van der Waals surface area contributed by atoms with Crippen LogP contribution in [0.4, 0.5) is 16.0 Å². The van der Waals surface area contributed by atoms with Crippen LogP contribution in [0.5, 0.6) is 0 Å². The number of rotatable bonds is 5. The normalized spacial score (nSPS) is 10.2. The second-order valence-electron chi connectivity index (χ2n) is 5.46. The zero-order valence-corrected chi connectivity index (χ0v) is 13.4. The van der Waals surface area contributed by atoms with E-state index in [4.69, 9.17) is 11.0 Å². The summed E-state index contributed by atoms with van der Waals surface area (Å²) in [6, 6.07) is 16.2. The lowest BCUT2D eigenvalue weighted by Gasteiger charge is -2.12. The quantitative estimate of drug-likeness (QED) is 0.747. The number of nitrogens with one attached hydrogen (secondary N) is 1. The second kappa shape index (κ2) is 7.41. The van der Waals surface area contributed by atoms with Crippen LogP contribution in [0.15, 0.2) is 54.7 Å². The maximum absolute atomic E-state index is 13.9. The van der Waals surface area contributed by atoms with E-state index in [0.29, 0.717) is 23.5 Å². The summed E-state index contributed by atoms with van der Waals surface area (Å²) < 4.78 is 13.9. The zero-order chi connectivity index (χ0) is 17.6. The van der Waals surface area contributed by atoms with Crippen LogP contribution in [-0.4, -0.2) is 16.5 Å².